The Kier molecular flexibility index (Phi) is 4.68. The Hall–Kier alpha value is -3.42. The van der Waals surface area contributed by atoms with Gasteiger partial charge in [-0.3, -0.25) is 14.3 Å². The minimum atomic E-state index is -0.294. The third kappa shape index (κ3) is 3.28. The first-order valence-corrected chi connectivity index (χ1v) is 9.26. The highest BCUT2D eigenvalue weighted by molar-refractivity contribution is 6.02. The van der Waals surface area contributed by atoms with Crippen molar-refractivity contribution >= 4 is 17.5 Å². The molecule has 1 amide bonds. The summed E-state index contributed by atoms with van der Waals surface area (Å²) in [4.78, 5) is 27.5. The molecule has 2 aromatic heterocycles. The molecule has 0 bridgehead atoms. The number of carbonyl (C=O) groups excluding carboxylic acids is 2. The average Bonchev–Trinajstić information content (AvgIpc) is 3.33. The number of anilines is 1. The van der Waals surface area contributed by atoms with Crippen molar-refractivity contribution in [2.24, 2.45) is 13.0 Å². The molecule has 1 fully saturated rings. The number of ketones is 1. The normalized spacial score (nSPS) is 16.9. The molecular formula is C20H22N6O2. The molecule has 1 unspecified atom stereocenters. The zero-order valence-corrected chi connectivity index (χ0v) is 15.7. The Morgan fingerprint density at radius 1 is 1.18 bits per heavy atom. The predicted molar refractivity (Wildman–Crippen MR) is 104 cm³/mol. The Morgan fingerprint density at radius 2 is 1.96 bits per heavy atom. The van der Waals surface area contributed by atoms with E-state index in [4.69, 9.17) is 5.73 Å². The van der Waals surface area contributed by atoms with Gasteiger partial charge in [-0.05, 0) is 31.0 Å². The largest absolute Gasteiger partial charge is 0.383 e. The number of piperidine rings is 1. The van der Waals surface area contributed by atoms with E-state index in [1.807, 2.05) is 30.3 Å². The fourth-order valence-corrected chi connectivity index (χ4v) is 3.61. The summed E-state index contributed by atoms with van der Waals surface area (Å²) in [6, 6.07) is 11.1. The van der Waals surface area contributed by atoms with Crippen molar-refractivity contribution in [3.63, 3.8) is 0 Å². The number of amides is 1. The first kappa shape index (κ1) is 18.0. The van der Waals surface area contributed by atoms with E-state index < -0.39 is 0 Å². The summed E-state index contributed by atoms with van der Waals surface area (Å²) < 4.78 is 3.16. The molecule has 1 aromatic carbocycles. The fourth-order valence-electron chi connectivity index (χ4n) is 3.61. The highest BCUT2D eigenvalue weighted by atomic mass is 16.2. The molecule has 0 aliphatic carbocycles. The van der Waals surface area contributed by atoms with Gasteiger partial charge in [-0.25, -0.2) is 4.68 Å². The van der Waals surface area contributed by atoms with E-state index in [0.717, 1.165) is 18.5 Å². The van der Waals surface area contributed by atoms with E-state index >= 15 is 0 Å². The monoisotopic (exact) mass is 378 g/mol. The van der Waals surface area contributed by atoms with Crippen LogP contribution in [-0.2, 0) is 7.05 Å². The molecule has 0 radical (unpaired) electrons. The van der Waals surface area contributed by atoms with Crippen LogP contribution in [0, 0.1) is 5.92 Å². The van der Waals surface area contributed by atoms with Crippen molar-refractivity contribution < 1.29 is 9.59 Å². The van der Waals surface area contributed by atoms with Gasteiger partial charge in [0.1, 0.15) is 11.5 Å². The first-order chi connectivity index (χ1) is 13.5. The molecule has 0 saturated carbocycles. The minimum absolute atomic E-state index is 0.0711. The molecule has 2 N–H and O–H groups in total. The van der Waals surface area contributed by atoms with Crippen LogP contribution < -0.4 is 5.73 Å². The van der Waals surface area contributed by atoms with E-state index in [9.17, 15) is 9.59 Å². The number of aryl methyl sites for hydroxylation is 1. The Bertz CT molecular complexity index is 1010. The maximum absolute atomic E-state index is 13.1. The van der Waals surface area contributed by atoms with Gasteiger partial charge in [0.25, 0.3) is 5.91 Å². The maximum atomic E-state index is 13.1. The molecule has 0 spiro atoms. The standard InChI is InChI=1S/C20H22N6O2/c1-24-11-9-17(23-24)20(28)25-10-5-6-14(13-25)18(27)16-12-22-26(19(16)21)15-7-3-2-4-8-15/h2-4,7-9,11-12,14H,5-6,10,13,21H2,1H3. The second-order valence-corrected chi connectivity index (χ2v) is 7.02. The molecule has 28 heavy (non-hydrogen) atoms. The molecule has 3 aromatic rings. The number of aromatic nitrogens is 4. The molecular weight excluding hydrogens is 356 g/mol. The van der Waals surface area contributed by atoms with Gasteiger partial charge in [0.2, 0.25) is 0 Å². The second kappa shape index (κ2) is 7.30. The van der Waals surface area contributed by atoms with Gasteiger partial charge < -0.3 is 10.6 Å². The van der Waals surface area contributed by atoms with Gasteiger partial charge >= 0.3 is 0 Å². The van der Waals surface area contributed by atoms with Gasteiger partial charge in [0.15, 0.2) is 5.78 Å². The zero-order valence-electron chi connectivity index (χ0n) is 15.7. The van der Waals surface area contributed by atoms with Crippen molar-refractivity contribution in [2.45, 2.75) is 12.8 Å². The van der Waals surface area contributed by atoms with Crippen LogP contribution in [0.5, 0.6) is 0 Å². The van der Waals surface area contributed by atoms with E-state index in [2.05, 4.69) is 10.2 Å². The lowest BCUT2D eigenvalue weighted by Crippen LogP contribution is -2.42. The van der Waals surface area contributed by atoms with Crippen LogP contribution in [-0.4, -0.2) is 49.2 Å². The number of hydrogen-bond acceptors (Lipinski definition) is 5. The fraction of sp³-hybridized carbons (Fsp3) is 0.300. The highest BCUT2D eigenvalue weighted by Gasteiger charge is 2.32. The number of Topliss-reactive ketones (excluding diaryl/α,β-unsaturated/α-hetero) is 1. The summed E-state index contributed by atoms with van der Waals surface area (Å²) in [5.41, 5.74) is 7.82. The number of benzene rings is 1. The van der Waals surface area contributed by atoms with Crippen LogP contribution in [0.25, 0.3) is 5.69 Å². The molecule has 4 rings (SSSR count). The summed E-state index contributed by atoms with van der Waals surface area (Å²) in [6.07, 6.45) is 4.74. The molecule has 144 valence electrons. The van der Waals surface area contributed by atoms with Crippen LogP contribution in [0.4, 0.5) is 5.82 Å². The summed E-state index contributed by atoms with van der Waals surface area (Å²) >= 11 is 0. The van der Waals surface area contributed by atoms with Crippen LogP contribution in [0.3, 0.4) is 0 Å². The zero-order chi connectivity index (χ0) is 19.7. The predicted octanol–water partition coefficient (Wildman–Crippen LogP) is 1.92. The lowest BCUT2D eigenvalue weighted by atomic mass is 9.90. The highest BCUT2D eigenvalue weighted by Crippen LogP contribution is 2.26. The van der Waals surface area contributed by atoms with Crippen molar-refractivity contribution in [3.05, 3.63) is 60.0 Å². The number of hydrogen-bond donors (Lipinski definition) is 1. The number of likely N-dealkylation sites (tertiary alicyclic amines) is 1. The van der Waals surface area contributed by atoms with E-state index in [1.165, 1.54) is 6.20 Å². The first-order valence-electron chi connectivity index (χ1n) is 9.26. The molecule has 1 aliphatic rings. The quantitative estimate of drug-likeness (QED) is 0.699. The van der Waals surface area contributed by atoms with Crippen LogP contribution >= 0.6 is 0 Å². The number of nitrogen functional groups attached to an aromatic ring is 1. The molecule has 1 aliphatic heterocycles. The molecule has 1 saturated heterocycles. The van der Waals surface area contributed by atoms with Gasteiger partial charge in [-0.1, -0.05) is 18.2 Å². The van der Waals surface area contributed by atoms with Crippen molar-refractivity contribution in [3.8, 4) is 5.69 Å². The van der Waals surface area contributed by atoms with Crippen LogP contribution in [0.15, 0.2) is 48.8 Å². The number of carbonyl (C=O) groups is 2. The SMILES string of the molecule is Cn1ccc(C(=O)N2CCCC(C(=O)c3cnn(-c4ccccc4)c3N)C2)n1. The Labute approximate surface area is 162 Å². The summed E-state index contributed by atoms with van der Waals surface area (Å²) in [5, 5.41) is 8.46. The Balaban J connectivity index is 1.52. The van der Waals surface area contributed by atoms with Gasteiger partial charge in [-0.15, -0.1) is 0 Å². The van der Waals surface area contributed by atoms with Crippen molar-refractivity contribution in [1.29, 1.82) is 0 Å². The summed E-state index contributed by atoms with van der Waals surface area (Å²) in [5.74, 6) is -0.189. The topological polar surface area (TPSA) is 99.0 Å². The lowest BCUT2D eigenvalue weighted by Gasteiger charge is -2.31. The number of rotatable bonds is 4. The van der Waals surface area contributed by atoms with Crippen LogP contribution in [0.2, 0.25) is 0 Å². The number of para-hydroxylation sites is 1. The van der Waals surface area contributed by atoms with Gasteiger partial charge in [-0.2, -0.15) is 10.2 Å². The number of nitrogens with zero attached hydrogens (tertiary/aromatic N) is 5. The third-order valence-corrected chi connectivity index (χ3v) is 5.08. The van der Waals surface area contributed by atoms with Crippen LogP contribution in [0.1, 0.15) is 33.7 Å². The van der Waals surface area contributed by atoms with E-state index in [1.54, 1.807) is 33.6 Å². The Morgan fingerprint density at radius 3 is 2.68 bits per heavy atom. The second-order valence-electron chi connectivity index (χ2n) is 7.02. The van der Waals surface area contributed by atoms with E-state index in [-0.39, 0.29) is 17.6 Å². The third-order valence-electron chi connectivity index (χ3n) is 5.08. The van der Waals surface area contributed by atoms with E-state index in [0.29, 0.717) is 30.2 Å². The maximum Gasteiger partial charge on any atom is 0.274 e. The number of nitrogens with two attached hydrogens (primary N) is 1. The molecule has 8 nitrogen and oxygen atoms in total. The molecule has 1 atom stereocenters. The van der Waals surface area contributed by atoms with Crippen molar-refractivity contribution in [2.75, 3.05) is 18.8 Å². The molecule has 3 heterocycles. The lowest BCUT2D eigenvalue weighted by molar-refractivity contribution is 0.0632. The average molecular weight is 378 g/mol. The smallest absolute Gasteiger partial charge is 0.274 e. The summed E-state index contributed by atoms with van der Waals surface area (Å²) in [6.45, 7) is 0.988. The van der Waals surface area contributed by atoms with Gasteiger partial charge in [0.05, 0.1) is 17.4 Å². The van der Waals surface area contributed by atoms with Gasteiger partial charge in [0, 0.05) is 32.3 Å². The van der Waals surface area contributed by atoms with Crippen molar-refractivity contribution in [1.82, 2.24) is 24.5 Å². The summed E-state index contributed by atoms with van der Waals surface area (Å²) in [7, 11) is 1.77. The minimum Gasteiger partial charge on any atom is -0.383 e. The molecule has 8 heteroatoms.